The highest BCUT2D eigenvalue weighted by atomic mass is 32.2. The Labute approximate surface area is 69.6 Å². The van der Waals surface area contributed by atoms with Crippen molar-refractivity contribution in [1.29, 1.82) is 0 Å². The van der Waals surface area contributed by atoms with Crippen molar-refractivity contribution in [1.82, 2.24) is 0 Å². The van der Waals surface area contributed by atoms with Crippen LogP contribution in [0, 0.1) is 0 Å². The van der Waals surface area contributed by atoms with Crippen molar-refractivity contribution in [3.05, 3.63) is 0 Å². The Hall–Kier alpha value is 0.0700. The van der Waals surface area contributed by atoms with Crippen LogP contribution in [0.2, 0.25) is 0 Å². The predicted octanol–water partition coefficient (Wildman–Crippen LogP) is 1.52. The summed E-state index contributed by atoms with van der Waals surface area (Å²) in [7, 11) is 0. The summed E-state index contributed by atoms with van der Waals surface area (Å²) in [6, 6.07) is 0. The minimum absolute atomic E-state index is 0.0455. The second kappa shape index (κ2) is 4.85. The standard InChI is InChI=1S/C7H14O3S/c8-11(9)10-7-5-3-1-2-4-6-7/h7H,1-6H2,(H,8,9)/p-1. The van der Waals surface area contributed by atoms with E-state index in [0.717, 1.165) is 25.7 Å². The number of rotatable bonds is 2. The van der Waals surface area contributed by atoms with Crippen molar-refractivity contribution in [2.24, 2.45) is 0 Å². The van der Waals surface area contributed by atoms with E-state index in [1.807, 2.05) is 0 Å². The molecular formula is C7H13O3S-. The van der Waals surface area contributed by atoms with Crippen LogP contribution in [0.1, 0.15) is 38.5 Å². The highest BCUT2D eigenvalue weighted by Crippen LogP contribution is 2.19. The van der Waals surface area contributed by atoms with Gasteiger partial charge in [0.2, 0.25) is 0 Å². The molecule has 0 aromatic carbocycles. The molecule has 1 fully saturated rings. The van der Waals surface area contributed by atoms with E-state index >= 15 is 0 Å². The van der Waals surface area contributed by atoms with Crippen LogP contribution in [0.15, 0.2) is 0 Å². The second-order valence-electron chi connectivity index (χ2n) is 2.91. The van der Waals surface area contributed by atoms with Crippen molar-refractivity contribution in [2.45, 2.75) is 44.6 Å². The van der Waals surface area contributed by atoms with E-state index in [-0.39, 0.29) is 6.10 Å². The van der Waals surface area contributed by atoms with Crippen LogP contribution in [0.4, 0.5) is 0 Å². The molecule has 0 aromatic heterocycles. The van der Waals surface area contributed by atoms with Crippen LogP contribution in [0.5, 0.6) is 0 Å². The van der Waals surface area contributed by atoms with Gasteiger partial charge < -0.3 is 4.55 Å². The van der Waals surface area contributed by atoms with E-state index < -0.39 is 11.4 Å². The molecule has 0 heterocycles. The molecule has 0 radical (unpaired) electrons. The van der Waals surface area contributed by atoms with Gasteiger partial charge in [0.1, 0.15) is 0 Å². The lowest BCUT2D eigenvalue weighted by Crippen LogP contribution is -2.12. The summed E-state index contributed by atoms with van der Waals surface area (Å²) in [5, 5.41) is 0. The minimum Gasteiger partial charge on any atom is -0.750 e. The zero-order chi connectivity index (χ0) is 8.10. The number of hydrogen-bond acceptors (Lipinski definition) is 3. The lowest BCUT2D eigenvalue weighted by molar-refractivity contribution is 0.184. The third-order valence-corrected chi connectivity index (χ3v) is 2.45. The molecule has 3 nitrogen and oxygen atoms in total. The SMILES string of the molecule is O=S([O-])OC1CCCCCC1. The van der Waals surface area contributed by atoms with Crippen LogP contribution in [-0.2, 0) is 15.5 Å². The molecule has 0 amide bonds. The quantitative estimate of drug-likeness (QED) is 0.474. The molecule has 1 unspecified atom stereocenters. The van der Waals surface area contributed by atoms with Gasteiger partial charge >= 0.3 is 0 Å². The van der Waals surface area contributed by atoms with Crippen LogP contribution < -0.4 is 0 Å². The maximum Gasteiger partial charge on any atom is 0.0844 e. The smallest absolute Gasteiger partial charge is 0.0844 e. The maximum atomic E-state index is 10.2. The van der Waals surface area contributed by atoms with Gasteiger partial charge in [0.05, 0.1) is 17.5 Å². The first-order chi connectivity index (χ1) is 5.29. The van der Waals surface area contributed by atoms with E-state index in [1.54, 1.807) is 0 Å². The molecule has 1 atom stereocenters. The van der Waals surface area contributed by atoms with E-state index in [0.29, 0.717) is 0 Å². The first kappa shape index (κ1) is 9.16. The van der Waals surface area contributed by atoms with E-state index in [4.69, 9.17) is 0 Å². The first-order valence-electron chi connectivity index (χ1n) is 4.05. The maximum absolute atomic E-state index is 10.2. The van der Waals surface area contributed by atoms with Crippen LogP contribution in [0.3, 0.4) is 0 Å². The molecule has 1 rings (SSSR count). The molecule has 0 N–H and O–H groups in total. The molecule has 0 aliphatic heterocycles. The third kappa shape index (κ3) is 3.84. The third-order valence-electron chi connectivity index (χ3n) is 2.02. The normalized spacial score (nSPS) is 24.5. The fourth-order valence-corrected chi connectivity index (χ4v) is 1.86. The van der Waals surface area contributed by atoms with Gasteiger partial charge in [0, 0.05) is 0 Å². The van der Waals surface area contributed by atoms with E-state index in [1.165, 1.54) is 12.8 Å². The Morgan fingerprint density at radius 1 is 1.18 bits per heavy atom. The molecule has 66 valence electrons. The fraction of sp³-hybridized carbons (Fsp3) is 1.00. The van der Waals surface area contributed by atoms with Crippen molar-refractivity contribution in [3.63, 3.8) is 0 Å². The van der Waals surface area contributed by atoms with Gasteiger partial charge in [-0.05, 0) is 12.8 Å². The van der Waals surface area contributed by atoms with Crippen molar-refractivity contribution in [3.8, 4) is 0 Å². The Morgan fingerprint density at radius 2 is 1.73 bits per heavy atom. The zero-order valence-corrected chi connectivity index (χ0v) is 7.27. The summed E-state index contributed by atoms with van der Waals surface area (Å²) in [6.07, 6.45) is 6.37. The average molecular weight is 177 g/mol. The summed E-state index contributed by atoms with van der Waals surface area (Å²) < 4.78 is 25.0. The van der Waals surface area contributed by atoms with Gasteiger partial charge in [0.25, 0.3) is 0 Å². The van der Waals surface area contributed by atoms with Crippen LogP contribution >= 0.6 is 0 Å². The van der Waals surface area contributed by atoms with Crippen LogP contribution in [0.25, 0.3) is 0 Å². The van der Waals surface area contributed by atoms with Gasteiger partial charge in [-0.2, -0.15) is 0 Å². The molecule has 0 bridgehead atoms. The molecule has 11 heavy (non-hydrogen) atoms. The second-order valence-corrected chi connectivity index (χ2v) is 3.51. The van der Waals surface area contributed by atoms with Gasteiger partial charge in [-0.15, -0.1) is 0 Å². The summed E-state index contributed by atoms with van der Waals surface area (Å²) in [5.41, 5.74) is 0. The fourth-order valence-electron chi connectivity index (χ4n) is 1.45. The molecule has 1 saturated carbocycles. The molecular weight excluding hydrogens is 164 g/mol. The first-order valence-corrected chi connectivity index (χ1v) is 5.05. The molecule has 0 saturated heterocycles. The number of hydrogen-bond donors (Lipinski definition) is 0. The zero-order valence-electron chi connectivity index (χ0n) is 6.45. The van der Waals surface area contributed by atoms with Gasteiger partial charge in [-0.1, -0.05) is 25.7 Å². The monoisotopic (exact) mass is 177 g/mol. The molecule has 0 aromatic rings. The molecule has 4 heteroatoms. The molecule has 1 aliphatic rings. The molecule has 0 spiro atoms. The van der Waals surface area contributed by atoms with E-state index in [9.17, 15) is 8.76 Å². The van der Waals surface area contributed by atoms with Gasteiger partial charge in [-0.3, -0.25) is 4.18 Å². The van der Waals surface area contributed by atoms with E-state index in [2.05, 4.69) is 4.18 Å². The minimum atomic E-state index is -2.32. The summed E-state index contributed by atoms with van der Waals surface area (Å²) in [5.74, 6) is 0. The van der Waals surface area contributed by atoms with Gasteiger partial charge in [-0.25, -0.2) is 4.21 Å². The van der Waals surface area contributed by atoms with Crippen molar-refractivity contribution >= 4 is 11.4 Å². The van der Waals surface area contributed by atoms with Crippen LogP contribution in [-0.4, -0.2) is 14.9 Å². The van der Waals surface area contributed by atoms with Gasteiger partial charge in [0.15, 0.2) is 0 Å². The lowest BCUT2D eigenvalue weighted by atomic mass is 10.2. The predicted molar refractivity (Wildman–Crippen MR) is 41.5 cm³/mol. The average Bonchev–Trinajstić information content (AvgIpc) is 2.14. The van der Waals surface area contributed by atoms with Crippen molar-refractivity contribution in [2.75, 3.05) is 0 Å². The Bertz CT molecular complexity index is 130. The largest absolute Gasteiger partial charge is 0.750 e. The topological polar surface area (TPSA) is 49.4 Å². The Morgan fingerprint density at radius 3 is 2.18 bits per heavy atom. The lowest BCUT2D eigenvalue weighted by Gasteiger charge is -2.15. The highest BCUT2D eigenvalue weighted by Gasteiger charge is 2.12. The molecule has 1 aliphatic carbocycles. The summed E-state index contributed by atoms with van der Waals surface area (Å²) in [6.45, 7) is 0. The highest BCUT2D eigenvalue weighted by molar-refractivity contribution is 7.74. The van der Waals surface area contributed by atoms with Crippen molar-refractivity contribution < 1.29 is 12.9 Å². The summed E-state index contributed by atoms with van der Waals surface area (Å²) >= 11 is -2.32. The summed E-state index contributed by atoms with van der Waals surface area (Å²) in [4.78, 5) is 0. The Kier molecular flexibility index (Phi) is 4.04. The Balaban J connectivity index is 2.25.